The Kier molecular flexibility index (Phi) is 6.75. The lowest BCUT2D eigenvalue weighted by atomic mass is 10.1. The quantitative estimate of drug-likeness (QED) is 0.746. The summed E-state index contributed by atoms with van der Waals surface area (Å²) in [7, 11) is 0. The highest BCUT2D eigenvalue weighted by atomic mass is 19.4. The molecule has 2 saturated heterocycles. The second kappa shape index (κ2) is 9.70. The van der Waals surface area contributed by atoms with Gasteiger partial charge in [0, 0.05) is 38.8 Å². The van der Waals surface area contributed by atoms with Crippen molar-refractivity contribution < 1.29 is 27.4 Å². The Hall–Kier alpha value is -2.92. The van der Waals surface area contributed by atoms with Crippen molar-refractivity contribution in [2.75, 3.05) is 62.4 Å². The van der Waals surface area contributed by atoms with E-state index in [4.69, 9.17) is 9.47 Å². The van der Waals surface area contributed by atoms with Gasteiger partial charge in [-0.25, -0.2) is 4.98 Å². The average molecular weight is 451 g/mol. The number of hydrogen-bond donors (Lipinski definition) is 1. The van der Waals surface area contributed by atoms with Crippen molar-refractivity contribution >= 4 is 17.7 Å². The fraction of sp³-hybridized carbons (Fsp3) is 0.476. The first-order valence-corrected chi connectivity index (χ1v) is 10.4. The lowest BCUT2D eigenvalue weighted by Gasteiger charge is -2.31. The number of alkyl halides is 3. The number of benzene rings is 1. The molecule has 1 aromatic carbocycles. The van der Waals surface area contributed by atoms with Crippen LogP contribution in [0.2, 0.25) is 0 Å². The van der Waals surface area contributed by atoms with Crippen molar-refractivity contribution in [2.24, 2.45) is 0 Å². The Bertz CT molecular complexity index is 908. The standard InChI is InChI=1S/C21H24F3N5O3/c22-21(23,24)16-3-1-2-15(12-16)14-25-19(30)17-13-18(28-4-8-31-9-5-28)27-20(26-17)29-6-10-32-11-7-29/h1-3,12-13H,4-11,14H2,(H,25,30). The van der Waals surface area contributed by atoms with Gasteiger partial charge in [0.1, 0.15) is 11.5 Å². The number of anilines is 2. The van der Waals surface area contributed by atoms with Gasteiger partial charge in [-0.1, -0.05) is 12.1 Å². The van der Waals surface area contributed by atoms with E-state index in [0.29, 0.717) is 69.9 Å². The number of ether oxygens (including phenoxy) is 2. The van der Waals surface area contributed by atoms with E-state index in [1.165, 1.54) is 12.1 Å². The fourth-order valence-corrected chi connectivity index (χ4v) is 3.53. The molecule has 11 heteroatoms. The zero-order valence-corrected chi connectivity index (χ0v) is 17.4. The Balaban J connectivity index is 1.53. The first-order valence-electron chi connectivity index (χ1n) is 10.4. The van der Waals surface area contributed by atoms with Crippen molar-refractivity contribution in [3.63, 3.8) is 0 Å². The van der Waals surface area contributed by atoms with Crippen LogP contribution in [0.4, 0.5) is 24.9 Å². The number of nitrogens with zero attached hydrogens (tertiary/aromatic N) is 4. The van der Waals surface area contributed by atoms with E-state index < -0.39 is 17.6 Å². The van der Waals surface area contributed by atoms with Gasteiger partial charge < -0.3 is 24.6 Å². The van der Waals surface area contributed by atoms with Crippen molar-refractivity contribution in [1.82, 2.24) is 15.3 Å². The number of halogens is 3. The molecule has 4 rings (SSSR count). The van der Waals surface area contributed by atoms with Crippen LogP contribution < -0.4 is 15.1 Å². The van der Waals surface area contributed by atoms with Crippen LogP contribution in [-0.2, 0) is 22.2 Å². The first kappa shape index (κ1) is 22.3. The van der Waals surface area contributed by atoms with Gasteiger partial charge in [0.15, 0.2) is 0 Å². The molecule has 3 heterocycles. The van der Waals surface area contributed by atoms with Gasteiger partial charge in [-0.15, -0.1) is 0 Å². The largest absolute Gasteiger partial charge is 0.416 e. The molecule has 172 valence electrons. The highest BCUT2D eigenvalue weighted by Crippen LogP contribution is 2.29. The summed E-state index contributed by atoms with van der Waals surface area (Å²) in [5, 5.41) is 2.67. The second-order valence-corrected chi connectivity index (χ2v) is 7.49. The third-order valence-corrected chi connectivity index (χ3v) is 5.27. The summed E-state index contributed by atoms with van der Waals surface area (Å²) in [6.45, 7) is 4.67. The molecular formula is C21H24F3N5O3. The zero-order chi connectivity index (χ0) is 22.6. The summed E-state index contributed by atoms with van der Waals surface area (Å²) in [5.74, 6) is 0.573. The summed E-state index contributed by atoms with van der Waals surface area (Å²) >= 11 is 0. The number of morpholine rings is 2. The second-order valence-electron chi connectivity index (χ2n) is 7.49. The molecule has 0 aliphatic carbocycles. The van der Waals surface area contributed by atoms with Gasteiger partial charge in [-0.3, -0.25) is 4.79 Å². The van der Waals surface area contributed by atoms with Gasteiger partial charge in [-0.05, 0) is 17.7 Å². The predicted molar refractivity (Wildman–Crippen MR) is 111 cm³/mol. The van der Waals surface area contributed by atoms with Crippen molar-refractivity contribution in [2.45, 2.75) is 12.7 Å². The summed E-state index contributed by atoms with van der Waals surface area (Å²) in [6.07, 6.45) is -4.44. The minimum Gasteiger partial charge on any atom is -0.378 e. The van der Waals surface area contributed by atoms with Gasteiger partial charge in [0.25, 0.3) is 5.91 Å². The summed E-state index contributed by atoms with van der Waals surface area (Å²) in [5.41, 5.74) is -0.241. The van der Waals surface area contributed by atoms with Crippen LogP contribution in [0.3, 0.4) is 0 Å². The molecule has 2 aliphatic heterocycles. The molecule has 0 bridgehead atoms. The zero-order valence-electron chi connectivity index (χ0n) is 17.4. The van der Waals surface area contributed by atoms with Gasteiger partial charge in [0.05, 0.1) is 32.0 Å². The molecule has 8 nitrogen and oxygen atoms in total. The first-order chi connectivity index (χ1) is 15.4. The molecule has 1 aromatic heterocycles. The predicted octanol–water partition coefficient (Wildman–Crippen LogP) is 2.10. The Morgan fingerprint density at radius 1 is 0.969 bits per heavy atom. The molecule has 2 fully saturated rings. The number of amides is 1. The Labute approximate surface area is 183 Å². The van der Waals surface area contributed by atoms with Crippen LogP contribution in [-0.4, -0.2) is 68.5 Å². The molecule has 0 spiro atoms. The summed E-state index contributed by atoms with van der Waals surface area (Å²) in [6, 6.07) is 6.49. The van der Waals surface area contributed by atoms with Gasteiger partial charge in [-0.2, -0.15) is 18.2 Å². The highest BCUT2D eigenvalue weighted by Gasteiger charge is 2.30. The summed E-state index contributed by atoms with van der Waals surface area (Å²) in [4.78, 5) is 25.9. The van der Waals surface area contributed by atoms with Gasteiger partial charge >= 0.3 is 6.18 Å². The minimum atomic E-state index is -4.44. The smallest absolute Gasteiger partial charge is 0.378 e. The third kappa shape index (κ3) is 5.46. The normalized spacial score (nSPS) is 17.3. The van der Waals surface area contributed by atoms with Crippen molar-refractivity contribution in [3.05, 3.63) is 47.2 Å². The molecule has 1 N–H and O–H groups in total. The average Bonchev–Trinajstić information content (AvgIpc) is 2.83. The van der Waals surface area contributed by atoms with E-state index in [2.05, 4.69) is 15.3 Å². The molecule has 32 heavy (non-hydrogen) atoms. The molecule has 2 aromatic rings. The lowest BCUT2D eigenvalue weighted by Crippen LogP contribution is -2.40. The number of carbonyl (C=O) groups excluding carboxylic acids is 1. The van der Waals surface area contributed by atoms with Crippen LogP contribution in [0.5, 0.6) is 0 Å². The molecule has 0 atom stereocenters. The minimum absolute atomic E-state index is 0.0491. The van der Waals surface area contributed by atoms with Crippen molar-refractivity contribution in [3.8, 4) is 0 Å². The maximum Gasteiger partial charge on any atom is 0.416 e. The fourth-order valence-electron chi connectivity index (χ4n) is 3.53. The number of rotatable bonds is 5. The van der Waals surface area contributed by atoms with Crippen LogP contribution in [0.15, 0.2) is 30.3 Å². The number of aromatic nitrogens is 2. The number of hydrogen-bond acceptors (Lipinski definition) is 7. The van der Waals surface area contributed by atoms with E-state index >= 15 is 0 Å². The van der Waals surface area contributed by atoms with E-state index in [0.717, 1.165) is 12.1 Å². The Morgan fingerprint density at radius 2 is 1.62 bits per heavy atom. The van der Waals surface area contributed by atoms with E-state index in [1.54, 1.807) is 6.07 Å². The van der Waals surface area contributed by atoms with E-state index in [9.17, 15) is 18.0 Å². The monoisotopic (exact) mass is 451 g/mol. The SMILES string of the molecule is O=C(NCc1cccc(C(F)(F)F)c1)c1cc(N2CCOCC2)nc(N2CCOCC2)n1. The number of nitrogens with one attached hydrogen (secondary N) is 1. The summed E-state index contributed by atoms with van der Waals surface area (Å²) < 4.78 is 49.6. The van der Waals surface area contributed by atoms with Crippen LogP contribution in [0, 0.1) is 0 Å². The molecule has 2 aliphatic rings. The maximum absolute atomic E-state index is 12.9. The maximum atomic E-state index is 12.9. The van der Waals surface area contributed by atoms with Crippen LogP contribution >= 0.6 is 0 Å². The topological polar surface area (TPSA) is 79.8 Å². The van der Waals surface area contributed by atoms with Crippen LogP contribution in [0.25, 0.3) is 0 Å². The lowest BCUT2D eigenvalue weighted by molar-refractivity contribution is -0.137. The molecule has 0 saturated carbocycles. The van der Waals surface area contributed by atoms with Gasteiger partial charge in [0.2, 0.25) is 5.95 Å². The number of carbonyl (C=O) groups is 1. The van der Waals surface area contributed by atoms with Crippen molar-refractivity contribution in [1.29, 1.82) is 0 Å². The highest BCUT2D eigenvalue weighted by molar-refractivity contribution is 5.93. The van der Waals surface area contributed by atoms with Crippen LogP contribution in [0.1, 0.15) is 21.6 Å². The molecule has 0 radical (unpaired) electrons. The van der Waals surface area contributed by atoms with E-state index in [1.807, 2.05) is 9.80 Å². The third-order valence-electron chi connectivity index (χ3n) is 5.27. The molecular weight excluding hydrogens is 427 g/mol. The molecule has 0 unspecified atom stereocenters. The Morgan fingerprint density at radius 3 is 2.28 bits per heavy atom. The van der Waals surface area contributed by atoms with E-state index in [-0.39, 0.29) is 12.2 Å². The molecule has 1 amide bonds.